The van der Waals surface area contributed by atoms with E-state index in [9.17, 15) is 4.79 Å². The molecule has 3 heterocycles. The Kier molecular flexibility index (Phi) is 3.61. The fourth-order valence-corrected chi connectivity index (χ4v) is 2.48. The summed E-state index contributed by atoms with van der Waals surface area (Å²) in [6, 6.07) is 5.60. The van der Waals surface area contributed by atoms with Gasteiger partial charge in [-0.05, 0) is 31.6 Å². The molecule has 0 amide bonds. The van der Waals surface area contributed by atoms with Gasteiger partial charge in [0.15, 0.2) is 5.65 Å². The van der Waals surface area contributed by atoms with E-state index in [1.165, 1.54) is 6.42 Å². The molecule has 0 aromatic carbocycles. The Labute approximate surface area is 111 Å². The highest BCUT2D eigenvalue weighted by Crippen LogP contribution is 1.98. The number of nitrogens with one attached hydrogen (secondary N) is 1. The summed E-state index contributed by atoms with van der Waals surface area (Å²) in [7, 11) is 0. The van der Waals surface area contributed by atoms with Crippen LogP contribution in [0.25, 0.3) is 5.65 Å². The van der Waals surface area contributed by atoms with E-state index >= 15 is 0 Å². The van der Waals surface area contributed by atoms with Crippen molar-refractivity contribution in [2.24, 2.45) is 0 Å². The van der Waals surface area contributed by atoms with Crippen LogP contribution in [0.1, 0.15) is 6.42 Å². The third-order valence-electron chi connectivity index (χ3n) is 3.55. The number of hydrogen-bond acceptors (Lipinski definition) is 4. The largest absolute Gasteiger partial charge is 0.350 e. The van der Waals surface area contributed by atoms with Crippen LogP contribution in [0, 0.1) is 0 Å². The summed E-state index contributed by atoms with van der Waals surface area (Å²) >= 11 is 0. The van der Waals surface area contributed by atoms with Gasteiger partial charge in [-0.25, -0.2) is 9.48 Å². The first-order valence-electron chi connectivity index (χ1n) is 6.82. The summed E-state index contributed by atoms with van der Waals surface area (Å²) in [5.41, 5.74) is 0.661. The maximum atomic E-state index is 12.1. The lowest BCUT2D eigenvalue weighted by Crippen LogP contribution is -2.33. The minimum Gasteiger partial charge on any atom is -0.315 e. The summed E-state index contributed by atoms with van der Waals surface area (Å²) in [4.78, 5) is 14.5. The standard InChI is InChI=1S/C13H19N5O/c19-13-17-8-2-1-4-12(17)15-18(13)11-10-16-7-3-5-14-6-9-16/h1-2,4,8,14H,3,5-7,9-11H2. The lowest BCUT2D eigenvalue weighted by atomic mass is 10.4. The molecule has 1 fully saturated rings. The number of fused-ring (bicyclic) bond motifs is 1. The molecule has 1 saturated heterocycles. The summed E-state index contributed by atoms with van der Waals surface area (Å²) in [5.74, 6) is 0. The third-order valence-corrected chi connectivity index (χ3v) is 3.55. The molecule has 1 aliphatic heterocycles. The quantitative estimate of drug-likeness (QED) is 0.831. The van der Waals surface area contributed by atoms with Crippen LogP contribution in [0.15, 0.2) is 29.2 Å². The van der Waals surface area contributed by atoms with Gasteiger partial charge in [-0.3, -0.25) is 4.40 Å². The zero-order valence-electron chi connectivity index (χ0n) is 11.0. The molecule has 0 spiro atoms. The van der Waals surface area contributed by atoms with Crippen molar-refractivity contribution in [2.45, 2.75) is 13.0 Å². The normalized spacial score (nSPS) is 17.7. The maximum Gasteiger partial charge on any atom is 0.350 e. The van der Waals surface area contributed by atoms with Gasteiger partial charge >= 0.3 is 5.69 Å². The van der Waals surface area contributed by atoms with E-state index in [-0.39, 0.29) is 5.69 Å². The predicted octanol–water partition coefficient (Wildman–Crippen LogP) is -0.209. The van der Waals surface area contributed by atoms with Crippen LogP contribution in [0.2, 0.25) is 0 Å². The Balaban J connectivity index is 1.71. The number of aromatic nitrogens is 3. The van der Waals surface area contributed by atoms with Gasteiger partial charge in [-0.2, -0.15) is 0 Å². The molecule has 0 aliphatic carbocycles. The van der Waals surface area contributed by atoms with E-state index in [4.69, 9.17) is 0 Å². The van der Waals surface area contributed by atoms with Crippen LogP contribution >= 0.6 is 0 Å². The van der Waals surface area contributed by atoms with Gasteiger partial charge in [0.05, 0.1) is 6.54 Å². The minimum atomic E-state index is -0.0523. The van der Waals surface area contributed by atoms with Gasteiger partial charge in [0.25, 0.3) is 0 Å². The van der Waals surface area contributed by atoms with Crippen LogP contribution in [-0.4, -0.2) is 51.8 Å². The molecule has 0 radical (unpaired) electrons. The average molecular weight is 261 g/mol. The summed E-state index contributed by atoms with van der Waals surface area (Å²) in [6.45, 7) is 5.79. The van der Waals surface area contributed by atoms with Crippen molar-refractivity contribution in [3.63, 3.8) is 0 Å². The lowest BCUT2D eigenvalue weighted by molar-refractivity contribution is 0.274. The first kappa shape index (κ1) is 12.4. The lowest BCUT2D eigenvalue weighted by Gasteiger charge is -2.18. The monoisotopic (exact) mass is 261 g/mol. The molecule has 2 aromatic heterocycles. The molecule has 1 N–H and O–H groups in total. The summed E-state index contributed by atoms with van der Waals surface area (Å²) < 4.78 is 3.15. The Morgan fingerprint density at radius 2 is 2.16 bits per heavy atom. The van der Waals surface area contributed by atoms with Crippen molar-refractivity contribution in [1.82, 2.24) is 24.4 Å². The molecule has 0 saturated carbocycles. The highest BCUT2D eigenvalue weighted by atomic mass is 16.2. The molecule has 6 heteroatoms. The molecule has 102 valence electrons. The van der Waals surface area contributed by atoms with Crippen LogP contribution < -0.4 is 11.0 Å². The van der Waals surface area contributed by atoms with Crippen LogP contribution in [0.4, 0.5) is 0 Å². The van der Waals surface area contributed by atoms with Crippen LogP contribution in [-0.2, 0) is 6.54 Å². The molecule has 6 nitrogen and oxygen atoms in total. The topological polar surface area (TPSA) is 54.6 Å². The van der Waals surface area contributed by atoms with Crippen LogP contribution in [0.3, 0.4) is 0 Å². The van der Waals surface area contributed by atoms with Crippen molar-refractivity contribution < 1.29 is 0 Å². The van der Waals surface area contributed by atoms with Gasteiger partial charge in [0.2, 0.25) is 0 Å². The second-order valence-electron chi connectivity index (χ2n) is 4.88. The molecule has 3 rings (SSSR count). The van der Waals surface area contributed by atoms with Gasteiger partial charge in [-0.1, -0.05) is 6.07 Å². The maximum absolute atomic E-state index is 12.1. The van der Waals surface area contributed by atoms with Gasteiger partial charge < -0.3 is 10.2 Å². The average Bonchev–Trinajstić information content (AvgIpc) is 2.63. The molecule has 19 heavy (non-hydrogen) atoms. The first-order valence-corrected chi connectivity index (χ1v) is 6.82. The molecule has 1 aliphatic rings. The minimum absolute atomic E-state index is 0.0523. The second-order valence-corrected chi connectivity index (χ2v) is 4.88. The van der Waals surface area contributed by atoms with Crippen molar-refractivity contribution in [2.75, 3.05) is 32.7 Å². The summed E-state index contributed by atoms with van der Waals surface area (Å²) in [5, 5.41) is 7.72. The van der Waals surface area contributed by atoms with E-state index < -0.39 is 0 Å². The number of hydrogen-bond donors (Lipinski definition) is 1. The Morgan fingerprint density at radius 1 is 1.21 bits per heavy atom. The Morgan fingerprint density at radius 3 is 3.05 bits per heavy atom. The fraction of sp³-hybridized carbons (Fsp3) is 0.538. The molecule has 0 bridgehead atoms. The Bertz CT molecular complexity index is 594. The number of rotatable bonds is 3. The van der Waals surface area contributed by atoms with Crippen LogP contribution in [0.5, 0.6) is 0 Å². The van der Waals surface area contributed by atoms with Gasteiger partial charge in [0, 0.05) is 25.8 Å². The fourth-order valence-electron chi connectivity index (χ4n) is 2.48. The highest BCUT2D eigenvalue weighted by Gasteiger charge is 2.10. The molecule has 0 unspecified atom stereocenters. The number of pyridine rings is 1. The zero-order valence-corrected chi connectivity index (χ0v) is 11.0. The highest BCUT2D eigenvalue weighted by molar-refractivity contribution is 5.35. The van der Waals surface area contributed by atoms with E-state index in [1.54, 1.807) is 15.3 Å². The van der Waals surface area contributed by atoms with Crippen molar-refractivity contribution in [3.8, 4) is 0 Å². The number of nitrogens with zero attached hydrogens (tertiary/aromatic N) is 4. The smallest absolute Gasteiger partial charge is 0.315 e. The predicted molar refractivity (Wildman–Crippen MR) is 73.4 cm³/mol. The van der Waals surface area contributed by atoms with E-state index in [2.05, 4.69) is 15.3 Å². The van der Waals surface area contributed by atoms with Crippen molar-refractivity contribution in [3.05, 3.63) is 34.9 Å². The first-order chi connectivity index (χ1) is 9.34. The van der Waals surface area contributed by atoms with E-state index in [1.807, 2.05) is 18.2 Å². The molecule has 2 aromatic rings. The van der Waals surface area contributed by atoms with Gasteiger partial charge in [-0.15, -0.1) is 5.10 Å². The molecule has 0 atom stereocenters. The summed E-state index contributed by atoms with van der Waals surface area (Å²) in [6.07, 6.45) is 2.93. The molecular formula is C13H19N5O. The SMILES string of the molecule is O=c1n(CCN2CCCNCC2)nc2ccccn12. The van der Waals surface area contributed by atoms with E-state index in [0.29, 0.717) is 12.2 Å². The van der Waals surface area contributed by atoms with E-state index in [0.717, 1.165) is 32.7 Å². The van der Waals surface area contributed by atoms with Gasteiger partial charge in [0.1, 0.15) is 0 Å². The second kappa shape index (κ2) is 5.54. The Hall–Kier alpha value is -1.66. The zero-order chi connectivity index (χ0) is 13.1. The third kappa shape index (κ3) is 2.69. The van der Waals surface area contributed by atoms with Crippen molar-refractivity contribution in [1.29, 1.82) is 0 Å². The van der Waals surface area contributed by atoms with Crippen molar-refractivity contribution >= 4 is 5.65 Å². The molecular weight excluding hydrogens is 242 g/mol.